The molecule has 11 nitrogen and oxygen atoms in total. The first-order valence-electron chi connectivity index (χ1n) is 13.3. The first kappa shape index (κ1) is 29.7. The number of aryl methyl sites for hydroxylation is 1. The molecule has 0 fully saturated rings. The standard InChI is InChI=1S/C27H32F3N9O2/c1-5-21-13-23(24-22(7-6-17(4)33-24)39(21)26(40)41-16(2)3)37(25-34-36-38(35-25)9-8-31)15-19-10-18(14-32)11-20(12-19)27(28,29)30/h6-7,10-12,16,21,23H,5,8-9,13,15,31H2,1-4H3/t21-,23-/m1/s1. The Balaban J connectivity index is 1.86. The summed E-state index contributed by atoms with van der Waals surface area (Å²) in [5, 5.41) is 22.1. The molecule has 0 spiro atoms. The SMILES string of the molecule is CC[C@@H]1C[C@@H](N(Cc2cc(C#N)cc(C(F)(F)F)c2)c2nnn(CCN)n2)c2nc(C)ccc2N1C(=O)OC(C)C. The minimum Gasteiger partial charge on any atom is -0.446 e. The van der Waals surface area contributed by atoms with Crippen LogP contribution in [0.15, 0.2) is 30.3 Å². The fourth-order valence-corrected chi connectivity index (χ4v) is 4.91. The van der Waals surface area contributed by atoms with Crippen molar-refractivity contribution in [2.45, 2.75) is 78.0 Å². The van der Waals surface area contributed by atoms with Crippen LogP contribution in [0.5, 0.6) is 0 Å². The number of nitriles is 1. The maximum absolute atomic E-state index is 13.7. The van der Waals surface area contributed by atoms with Crippen molar-refractivity contribution in [2.75, 3.05) is 16.3 Å². The molecule has 1 aromatic carbocycles. The van der Waals surface area contributed by atoms with Gasteiger partial charge < -0.3 is 15.4 Å². The molecule has 3 aromatic rings. The zero-order chi connectivity index (χ0) is 29.9. The van der Waals surface area contributed by atoms with Crippen LogP contribution in [-0.2, 0) is 24.0 Å². The molecule has 1 amide bonds. The smallest absolute Gasteiger partial charge is 0.416 e. The van der Waals surface area contributed by atoms with Crippen molar-refractivity contribution in [2.24, 2.45) is 5.73 Å². The second-order valence-electron chi connectivity index (χ2n) is 10.1. The van der Waals surface area contributed by atoms with E-state index in [2.05, 4.69) is 15.4 Å². The Hall–Kier alpha value is -4.25. The summed E-state index contributed by atoms with van der Waals surface area (Å²) in [5.41, 5.74) is 6.58. The molecule has 1 aliphatic heterocycles. The van der Waals surface area contributed by atoms with Crippen molar-refractivity contribution in [3.63, 3.8) is 0 Å². The van der Waals surface area contributed by atoms with E-state index in [0.717, 1.165) is 12.1 Å². The maximum Gasteiger partial charge on any atom is 0.416 e. The van der Waals surface area contributed by atoms with Crippen LogP contribution in [0.25, 0.3) is 0 Å². The number of fused-ring (bicyclic) bond motifs is 1. The van der Waals surface area contributed by atoms with Gasteiger partial charge in [-0.25, -0.2) is 4.79 Å². The van der Waals surface area contributed by atoms with E-state index in [9.17, 15) is 23.2 Å². The molecule has 4 rings (SSSR count). The number of anilines is 2. The molecule has 3 heterocycles. The summed E-state index contributed by atoms with van der Waals surface area (Å²) in [6, 6.07) is 7.76. The Bertz CT molecular complexity index is 1430. The monoisotopic (exact) mass is 571 g/mol. The number of hydrogen-bond donors (Lipinski definition) is 1. The van der Waals surface area contributed by atoms with E-state index in [1.165, 1.54) is 10.9 Å². The number of hydrogen-bond acceptors (Lipinski definition) is 9. The molecule has 0 saturated heterocycles. The summed E-state index contributed by atoms with van der Waals surface area (Å²) in [6.07, 6.45) is -4.56. The van der Waals surface area contributed by atoms with Crippen LogP contribution in [0.3, 0.4) is 0 Å². The second kappa shape index (κ2) is 12.1. The van der Waals surface area contributed by atoms with E-state index in [1.807, 2.05) is 19.9 Å². The number of benzene rings is 1. The Kier molecular flexibility index (Phi) is 8.77. The molecular formula is C27H32F3N9O2. The number of alkyl halides is 3. The number of aromatic nitrogens is 5. The van der Waals surface area contributed by atoms with Crippen molar-refractivity contribution in [3.05, 3.63) is 58.4 Å². The number of amides is 1. The number of rotatable bonds is 8. The third-order valence-corrected chi connectivity index (χ3v) is 6.69. The predicted octanol–water partition coefficient (Wildman–Crippen LogP) is 4.51. The molecule has 14 heteroatoms. The third-order valence-electron chi connectivity index (χ3n) is 6.69. The van der Waals surface area contributed by atoms with Crippen molar-refractivity contribution < 1.29 is 22.7 Å². The first-order chi connectivity index (χ1) is 19.4. The zero-order valence-electron chi connectivity index (χ0n) is 23.3. The summed E-state index contributed by atoms with van der Waals surface area (Å²) in [5.74, 6) is 0.154. The molecule has 2 atom stereocenters. The number of ether oxygens (including phenoxy) is 1. The lowest BCUT2D eigenvalue weighted by Crippen LogP contribution is -2.48. The van der Waals surface area contributed by atoms with Gasteiger partial charge in [0.05, 0.1) is 47.3 Å². The van der Waals surface area contributed by atoms with Gasteiger partial charge in [-0.15, -0.1) is 5.10 Å². The molecule has 218 valence electrons. The fourth-order valence-electron chi connectivity index (χ4n) is 4.91. The molecule has 1 aliphatic rings. The average molecular weight is 572 g/mol. The van der Waals surface area contributed by atoms with Crippen LogP contribution in [0.2, 0.25) is 0 Å². The van der Waals surface area contributed by atoms with Gasteiger partial charge in [0.25, 0.3) is 5.95 Å². The average Bonchev–Trinajstić information content (AvgIpc) is 3.38. The number of halogens is 3. The number of carbonyl (C=O) groups excluding carboxylic acids is 1. The Labute approximate surface area is 235 Å². The molecular weight excluding hydrogens is 539 g/mol. The predicted molar refractivity (Wildman–Crippen MR) is 144 cm³/mol. The number of pyridine rings is 1. The summed E-state index contributed by atoms with van der Waals surface area (Å²) >= 11 is 0. The van der Waals surface area contributed by atoms with Gasteiger partial charge in [-0.3, -0.25) is 9.88 Å². The van der Waals surface area contributed by atoms with Crippen molar-refractivity contribution in [1.82, 2.24) is 25.2 Å². The Morgan fingerprint density at radius 2 is 2.05 bits per heavy atom. The lowest BCUT2D eigenvalue weighted by Gasteiger charge is -2.43. The first-order valence-corrected chi connectivity index (χ1v) is 13.3. The van der Waals surface area contributed by atoms with Crippen LogP contribution in [0.4, 0.5) is 29.6 Å². The van der Waals surface area contributed by atoms with E-state index >= 15 is 0 Å². The van der Waals surface area contributed by atoms with E-state index in [4.69, 9.17) is 15.5 Å². The Morgan fingerprint density at radius 1 is 1.29 bits per heavy atom. The van der Waals surface area contributed by atoms with Gasteiger partial charge in [0.1, 0.15) is 0 Å². The second-order valence-corrected chi connectivity index (χ2v) is 10.1. The van der Waals surface area contributed by atoms with Crippen LogP contribution in [0.1, 0.15) is 67.7 Å². The largest absolute Gasteiger partial charge is 0.446 e. The minimum absolute atomic E-state index is 0.0838. The highest BCUT2D eigenvalue weighted by atomic mass is 19.4. The number of tetrazole rings is 1. The van der Waals surface area contributed by atoms with Crippen LogP contribution >= 0.6 is 0 Å². The lowest BCUT2D eigenvalue weighted by atomic mass is 9.91. The maximum atomic E-state index is 13.7. The van der Waals surface area contributed by atoms with Gasteiger partial charge in [0.2, 0.25) is 0 Å². The van der Waals surface area contributed by atoms with Gasteiger partial charge in [0, 0.05) is 24.8 Å². The molecule has 2 N–H and O–H groups in total. The zero-order valence-corrected chi connectivity index (χ0v) is 23.3. The van der Waals surface area contributed by atoms with Crippen molar-refractivity contribution in [1.29, 1.82) is 5.26 Å². The highest BCUT2D eigenvalue weighted by molar-refractivity contribution is 5.90. The van der Waals surface area contributed by atoms with Gasteiger partial charge in [-0.2, -0.15) is 23.2 Å². The van der Waals surface area contributed by atoms with Crippen molar-refractivity contribution >= 4 is 17.7 Å². The number of nitrogens with zero attached hydrogens (tertiary/aromatic N) is 8. The highest BCUT2D eigenvalue weighted by Gasteiger charge is 2.41. The summed E-state index contributed by atoms with van der Waals surface area (Å²) < 4.78 is 46.7. The van der Waals surface area contributed by atoms with Crippen LogP contribution in [-0.4, -0.2) is 50.0 Å². The summed E-state index contributed by atoms with van der Waals surface area (Å²) in [7, 11) is 0. The van der Waals surface area contributed by atoms with E-state index < -0.39 is 23.9 Å². The van der Waals surface area contributed by atoms with E-state index in [1.54, 1.807) is 35.8 Å². The van der Waals surface area contributed by atoms with Crippen molar-refractivity contribution in [3.8, 4) is 6.07 Å². The van der Waals surface area contributed by atoms with E-state index in [-0.39, 0.29) is 48.9 Å². The topological polar surface area (TPSA) is 139 Å². The normalized spacial score (nSPS) is 16.8. The van der Waals surface area contributed by atoms with Crippen LogP contribution in [0, 0.1) is 18.3 Å². The van der Waals surface area contributed by atoms with E-state index in [0.29, 0.717) is 29.9 Å². The van der Waals surface area contributed by atoms with Crippen LogP contribution < -0.4 is 15.5 Å². The summed E-state index contributed by atoms with van der Waals surface area (Å²) in [4.78, 5) is 22.6. The van der Waals surface area contributed by atoms with Gasteiger partial charge in [0.15, 0.2) is 0 Å². The quantitative estimate of drug-likeness (QED) is 0.414. The molecule has 2 aromatic heterocycles. The molecule has 0 unspecified atom stereocenters. The lowest BCUT2D eigenvalue weighted by molar-refractivity contribution is -0.137. The molecule has 41 heavy (non-hydrogen) atoms. The molecule has 0 saturated carbocycles. The fraction of sp³-hybridized carbons (Fsp3) is 0.481. The molecule has 0 bridgehead atoms. The number of nitrogens with two attached hydrogens (primary N) is 1. The molecule has 0 radical (unpaired) electrons. The van der Waals surface area contributed by atoms with Gasteiger partial charge in [-0.05, 0) is 74.7 Å². The highest BCUT2D eigenvalue weighted by Crippen LogP contribution is 2.42. The minimum atomic E-state index is -4.64. The van der Waals surface area contributed by atoms with Gasteiger partial charge >= 0.3 is 12.3 Å². The summed E-state index contributed by atoms with van der Waals surface area (Å²) in [6.45, 7) is 7.74. The third kappa shape index (κ3) is 6.57. The van der Waals surface area contributed by atoms with Gasteiger partial charge in [-0.1, -0.05) is 12.0 Å². The Morgan fingerprint density at radius 3 is 2.68 bits per heavy atom. The number of carbonyl (C=O) groups is 1. The molecule has 0 aliphatic carbocycles.